The van der Waals surface area contributed by atoms with E-state index in [0.717, 1.165) is 57.3 Å². The average molecular weight is 511 g/mol. The van der Waals surface area contributed by atoms with E-state index in [1.165, 1.54) is 5.56 Å². The maximum atomic E-state index is 5.96. The van der Waals surface area contributed by atoms with Crippen LogP contribution in [0.25, 0.3) is 0 Å². The van der Waals surface area contributed by atoms with Crippen LogP contribution in [0, 0.1) is 11.8 Å². The van der Waals surface area contributed by atoms with E-state index in [1.807, 2.05) is 18.2 Å². The average Bonchev–Trinajstić information content (AvgIpc) is 3.37. The number of hydrogen-bond acceptors (Lipinski definition) is 3. The van der Waals surface area contributed by atoms with Gasteiger partial charge in [0.2, 0.25) is 0 Å². The van der Waals surface area contributed by atoms with Gasteiger partial charge < -0.3 is 19.4 Å². The van der Waals surface area contributed by atoms with Gasteiger partial charge in [0.05, 0.1) is 19.5 Å². The number of hydrogen-bond donors (Lipinski definition) is 1. The maximum Gasteiger partial charge on any atom is 0.193 e. The minimum Gasteiger partial charge on any atom is -0.469 e. The molecule has 3 rings (SSSR count). The second-order valence-electron chi connectivity index (χ2n) is 7.92. The molecular formula is C23H34IN3O2. The van der Waals surface area contributed by atoms with Crippen LogP contribution >= 0.6 is 24.0 Å². The minimum absolute atomic E-state index is 0. The fourth-order valence-corrected chi connectivity index (χ4v) is 3.37. The Morgan fingerprint density at radius 2 is 2.07 bits per heavy atom. The highest BCUT2D eigenvalue weighted by Gasteiger charge is 2.25. The Balaban J connectivity index is 0.00000300. The van der Waals surface area contributed by atoms with Crippen LogP contribution in [-0.4, -0.2) is 43.6 Å². The Kier molecular flexibility index (Phi) is 10.6. The van der Waals surface area contributed by atoms with Crippen molar-refractivity contribution in [1.29, 1.82) is 0 Å². The number of aliphatic imine (C=N–C) groups is 1. The first-order chi connectivity index (χ1) is 13.7. The molecule has 1 fully saturated rings. The summed E-state index contributed by atoms with van der Waals surface area (Å²) in [7, 11) is 0. The Morgan fingerprint density at radius 1 is 1.24 bits per heavy atom. The Bertz CT molecular complexity index is 704. The summed E-state index contributed by atoms with van der Waals surface area (Å²) in [6.45, 7) is 9.60. The first-order valence-corrected chi connectivity index (χ1v) is 10.4. The van der Waals surface area contributed by atoms with Gasteiger partial charge in [0.1, 0.15) is 5.76 Å². The number of guanidine groups is 1. The molecule has 1 N–H and O–H groups in total. The smallest absolute Gasteiger partial charge is 0.193 e. The van der Waals surface area contributed by atoms with Gasteiger partial charge in [-0.1, -0.05) is 44.2 Å². The third-order valence-corrected chi connectivity index (χ3v) is 4.89. The first-order valence-electron chi connectivity index (χ1n) is 10.4. The molecule has 0 bridgehead atoms. The van der Waals surface area contributed by atoms with Crippen molar-refractivity contribution in [3.63, 3.8) is 0 Å². The number of benzene rings is 1. The second-order valence-corrected chi connectivity index (χ2v) is 7.92. The number of nitrogens with zero attached hydrogens (tertiary/aromatic N) is 2. The summed E-state index contributed by atoms with van der Waals surface area (Å²) < 4.78 is 11.4. The third kappa shape index (κ3) is 8.38. The van der Waals surface area contributed by atoms with E-state index in [4.69, 9.17) is 14.1 Å². The van der Waals surface area contributed by atoms with Crippen molar-refractivity contribution in [2.45, 2.75) is 33.3 Å². The van der Waals surface area contributed by atoms with E-state index >= 15 is 0 Å². The SMILES string of the molecule is CC(C)CN=C(NCCc1ccco1)N1CCC(COCc2ccccc2)C1.I. The van der Waals surface area contributed by atoms with Gasteiger partial charge in [0.15, 0.2) is 5.96 Å². The Hall–Kier alpha value is -1.54. The van der Waals surface area contributed by atoms with Gasteiger partial charge in [-0.2, -0.15) is 0 Å². The molecule has 1 aromatic carbocycles. The van der Waals surface area contributed by atoms with Crippen molar-refractivity contribution in [2.75, 3.05) is 32.8 Å². The molecule has 160 valence electrons. The second kappa shape index (κ2) is 12.9. The predicted molar refractivity (Wildman–Crippen MR) is 129 cm³/mol. The quantitative estimate of drug-likeness (QED) is 0.304. The standard InChI is InChI=1S/C23H33N3O2.HI/c1-19(2)15-25-23(24-12-10-22-9-6-14-28-22)26-13-11-21(16-26)18-27-17-20-7-4-3-5-8-20;/h3-9,14,19,21H,10-13,15-18H2,1-2H3,(H,24,25);1H. The number of furan rings is 1. The highest BCUT2D eigenvalue weighted by molar-refractivity contribution is 14.0. The molecule has 0 aliphatic carbocycles. The summed E-state index contributed by atoms with van der Waals surface area (Å²) in [5.41, 5.74) is 1.23. The van der Waals surface area contributed by atoms with E-state index in [-0.39, 0.29) is 24.0 Å². The highest BCUT2D eigenvalue weighted by Crippen LogP contribution is 2.17. The van der Waals surface area contributed by atoms with E-state index < -0.39 is 0 Å². The summed E-state index contributed by atoms with van der Waals surface area (Å²) in [5, 5.41) is 3.53. The van der Waals surface area contributed by atoms with E-state index in [9.17, 15) is 0 Å². The zero-order valence-corrected chi connectivity index (χ0v) is 19.9. The Labute approximate surface area is 191 Å². The van der Waals surface area contributed by atoms with Gasteiger partial charge >= 0.3 is 0 Å². The normalized spacial score (nSPS) is 16.9. The molecule has 29 heavy (non-hydrogen) atoms. The molecule has 6 heteroatoms. The van der Waals surface area contributed by atoms with Crippen LogP contribution in [0.1, 0.15) is 31.6 Å². The summed E-state index contributed by atoms with van der Waals surface area (Å²) in [6.07, 6.45) is 3.74. The lowest BCUT2D eigenvalue weighted by Crippen LogP contribution is -2.41. The van der Waals surface area contributed by atoms with Crippen LogP contribution in [0.4, 0.5) is 0 Å². The van der Waals surface area contributed by atoms with Crippen molar-refractivity contribution < 1.29 is 9.15 Å². The molecule has 0 radical (unpaired) electrons. The van der Waals surface area contributed by atoms with Crippen LogP contribution in [0.3, 0.4) is 0 Å². The Morgan fingerprint density at radius 3 is 2.79 bits per heavy atom. The number of likely N-dealkylation sites (tertiary alicyclic amines) is 1. The molecule has 0 spiro atoms. The maximum absolute atomic E-state index is 5.96. The van der Waals surface area contributed by atoms with Crippen molar-refractivity contribution >= 4 is 29.9 Å². The van der Waals surface area contributed by atoms with Crippen molar-refractivity contribution in [1.82, 2.24) is 10.2 Å². The van der Waals surface area contributed by atoms with Crippen LogP contribution in [0.15, 0.2) is 58.1 Å². The van der Waals surface area contributed by atoms with Gasteiger partial charge in [-0.15, -0.1) is 24.0 Å². The van der Waals surface area contributed by atoms with Crippen molar-refractivity contribution in [2.24, 2.45) is 16.8 Å². The molecule has 1 aliphatic heterocycles. The summed E-state index contributed by atoms with van der Waals surface area (Å²) in [6, 6.07) is 14.3. The molecule has 1 unspecified atom stereocenters. The highest BCUT2D eigenvalue weighted by atomic mass is 127. The summed E-state index contributed by atoms with van der Waals surface area (Å²) in [5.74, 6) is 3.13. The van der Waals surface area contributed by atoms with Gasteiger partial charge in [-0.05, 0) is 30.0 Å². The lowest BCUT2D eigenvalue weighted by atomic mass is 10.1. The van der Waals surface area contributed by atoms with Crippen LogP contribution < -0.4 is 5.32 Å². The zero-order valence-electron chi connectivity index (χ0n) is 17.5. The zero-order chi connectivity index (χ0) is 19.6. The fraction of sp³-hybridized carbons (Fsp3) is 0.522. The van der Waals surface area contributed by atoms with Crippen LogP contribution in [0.5, 0.6) is 0 Å². The molecular weight excluding hydrogens is 477 g/mol. The molecule has 2 heterocycles. The lowest BCUT2D eigenvalue weighted by Gasteiger charge is -2.22. The molecule has 1 saturated heterocycles. The lowest BCUT2D eigenvalue weighted by molar-refractivity contribution is 0.0906. The van der Waals surface area contributed by atoms with E-state index in [0.29, 0.717) is 18.4 Å². The number of nitrogens with one attached hydrogen (secondary N) is 1. The largest absolute Gasteiger partial charge is 0.469 e. The molecule has 0 saturated carbocycles. The first kappa shape index (κ1) is 23.7. The van der Waals surface area contributed by atoms with Gasteiger partial charge in [-0.25, -0.2) is 0 Å². The van der Waals surface area contributed by atoms with Gasteiger partial charge in [0, 0.05) is 38.5 Å². The molecule has 0 amide bonds. The molecule has 2 aromatic rings. The van der Waals surface area contributed by atoms with Crippen LogP contribution in [0.2, 0.25) is 0 Å². The molecule has 1 atom stereocenters. The fourth-order valence-electron chi connectivity index (χ4n) is 3.37. The number of halogens is 1. The van der Waals surface area contributed by atoms with Crippen molar-refractivity contribution in [3.05, 3.63) is 60.1 Å². The predicted octanol–water partition coefficient (Wildman–Crippen LogP) is 4.58. The molecule has 1 aromatic heterocycles. The molecule has 5 nitrogen and oxygen atoms in total. The summed E-state index contributed by atoms with van der Waals surface area (Å²) >= 11 is 0. The van der Waals surface area contributed by atoms with E-state index in [2.05, 4.69) is 48.3 Å². The van der Waals surface area contributed by atoms with Gasteiger partial charge in [-0.3, -0.25) is 4.99 Å². The number of rotatable bonds is 9. The third-order valence-electron chi connectivity index (χ3n) is 4.89. The topological polar surface area (TPSA) is 50.0 Å². The van der Waals surface area contributed by atoms with Gasteiger partial charge in [0.25, 0.3) is 0 Å². The van der Waals surface area contributed by atoms with Crippen LogP contribution in [-0.2, 0) is 17.8 Å². The van der Waals surface area contributed by atoms with E-state index in [1.54, 1.807) is 6.26 Å². The minimum atomic E-state index is 0. The number of ether oxygens (including phenoxy) is 1. The van der Waals surface area contributed by atoms with Crippen molar-refractivity contribution in [3.8, 4) is 0 Å². The molecule has 1 aliphatic rings. The summed E-state index contributed by atoms with van der Waals surface area (Å²) in [4.78, 5) is 7.22. The monoisotopic (exact) mass is 511 g/mol.